The van der Waals surface area contributed by atoms with Gasteiger partial charge in [0.2, 0.25) is 0 Å². The molecule has 2 heteroatoms. The van der Waals surface area contributed by atoms with E-state index >= 15 is 0 Å². The maximum atomic E-state index is 10.0. The molecular weight excluding hydrogens is 128 g/mol. The third kappa shape index (κ3) is 4.27. The van der Waals surface area contributed by atoms with E-state index in [9.17, 15) is 9.90 Å². The first kappa shape index (κ1) is 9.37. The molecule has 0 aliphatic rings. The number of hydrogen-bond acceptors (Lipinski definition) is 2. The smallest absolute Gasteiger partial charge is 0.123 e. The molecule has 10 heavy (non-hydrogen) atoms. The topological polar surface area (TPSA) is 37.3 Å². The monoisotopic (exact) mass is 142 g/mol. The van der Waals surface area contributed by atoms with Gasteiger partial charge in [-0.15, -0.1) is 0 Å². The summed E-state index contributed by atoms with van der Waals surface area (Å²) in [6.45, 7) is 5.40. The summed E-state index contributed by atoms with van der Waals surface area (Å²) in [6, 6.07) is 0. The van der Waals surface area contributed by atoms with Gasteiger partial charge < -0.3 is 9.90 Å². The number of hydrogen-bond donors (Lipinski definition) is 1. The summed E-state index contributed by atoms with van der Waals surface area (Å²) in [4.78, 5) is 10.0. The standard InChI is InChI=1S/C8H14O2/c1-7(2)6-8(3,10)4-5-9/h5-6,10H,4H2,1-3H3. The first-order valence-electron chi connectivity index (χ1n) is 3.30. The van der Waals surface area contributed by atoms with Crippen LogP contribution in [0.2, 0.25) is 0 Å². The van der Waals surface area contributed by atoms with Gasteiger partial charge in [-0.3, -0.25) is 0 Å². The van der Waals surface area contributed by atoms with Gasteiger partial charge in [0.15, 0.2) is 0 Å². The van der Waals surface area contributed by atoms with Crippen molar-refractivity contribution in [2.45, 2.75) is 32.8 Å². The minimum atomic E-state index is -0.958. The Kier molecular flexibility index (Phi) is 3.30. The summed E-state index contributed by atoms with van der Waals surface area (Å²) in [5, 5.41) is 9.38. The summed E-state index contributed by atoms with van der Waals surface area (Å²) in [7, 11) is 0. The van der Waals surface area contributed by atoms with Crippen LogP contribution in [0, 0.1) is 0 Å². The molecule has 0 aliphatic heterocycles. The molecule has 0 aromatic carbocycles. The summed E-state index contributed by atoms with van der Waals surface area (Å²) in [5.74, 6) is 0. The Balaban J connectivity index is 4.11. The van der Waals surface area contributed by atoms with Gasteiger partial charge in [-0.2, -0.15) is 0 Å². The van der Waals surface area contributed by atoms with Gasteiger partial charge in [-0.25, -0.2) is 0 Å². The number of carbonyl (C=O) groups excluding carboxylic acids is 1. The zero-order valence-corrected chi connectivity index (χ0v) is 6.72. The van der Waals surface area contributed by atoms with Crippen molar-refractivity contribution in [3.8, 4) is 0 Å². The predicted molar refractivity (Wildman–Crippen MR) is 40.7 cm³/mol. The maximum Gasteiger partial charge on any atom is 0.123 e. The van der Waals surface area contributed by atoms with E-state index in [-0.39, 0.29) is 6.42 Å². The van der Waals surface area contributed by atoms with Crippen molar-refractivity contribution in [1.29, 1.82) is 0 Å². The van der Waals surface area contributed by atoms with E-state index in [2.05, 4.69) is 0 Å². The summed E-state index contributed by atoms with van der Waals surface area (Å²) >= 11 is 0. The highest BCUT2D eigenvalue weighted by atomic mass is 16.3. The third-order valence-electron chi connectivity index (χ3n) is 1.10. The molecule has 0 aromatic rings. The lowest BCUT2D eigenvalue weighted by atomic mass is 10.0. The number of aliphatic hydroxyl groups is 1. The van der Waals surface area contributed by atoms with Gasteiger partial charge in [-0.1, -0.05) is 11.6 Å². The minimum Gasteiger partial charge on any atom is -0.386 e. The minimum absolute atomic E-state index is 0.165. The molecule has 0 amide bonds. The number of allylic oxidation sites excluding steroid dienone is 1. The van der Waals surface area contributed by atoms with Crippen molar-refractivity contribution in [2.24, 2.45) is 0 Å². The molecule has 0 heterocycles. The fraction of sp³-hybridized carbons (Fsp3) is 0.625. The molecule has 0 bridgehead atoms. The van der Waals surface area contributed by atoms with Gasteiger partial charge in [0.05, 0.1) is 5.60 Å². The Morgan fingerprint density at radius 3 is 2.40 bits per heavy atom. The molecule has 58 valence electrons. The van der Waals surface area contributed by atoms with Crippen molar-refractivity contribution < 1.29 is 9.90 Å². The van der Waals surface area contributed by atoms with Crippen LogP contribution < -0.4 is 0 Å². The molecule has 0 aromatic heterocycles. The van der Waals surface area contributed by atoms with Crippen molar-refractivity contribution in [1.82, 2.24) is 0 Å². The van der Waals surface area contributed by atoms with E-state index in [1.165, 1.54) is 0 Å². The van der Waals surface area contributed by atoms with E-state index in [1.54, 1.807) is 13.0 Å². The SMILES string of the molecule is CC(C)=CC(C)(O)CC=O. The molecular formula is C8H14O2. The van der Waals surface area contributed by atoms with Crippen molar-refractivity contribution in [3.05, 3.63) is 11.6 Å². The predicted octanol–water partition coefficient (Wildman–Crippen LogP) is 1.29. The van der Waals surface area contributed by atoms with Crippen LogP contribution in [0.4, 0.5) is 0 Å². The Labute approximate surface area is 61.6 Å². The lowest BCUT2D eigenvalue weighted by Gasteiger charge is -2.15. The molecule has 0 fully saturated rings. The average Bonchev–Trinajstić information content (AvgIpc) is 1.59. The van der Waals surface area contributed by atoms with Crippen molar-refractivity contribution in [3.63, 3.8) is 0 Å². The molecule has 0 spiro atoms. The van der Waals surface area contributed by atoms with Crippen LogP contribution in [0.3, 0.4) is 0 Å². The highest BCUT2D eigenvalue weighted by molar-refractivity contribution is 5.52. The average molecular weight is 142 g/mol. The lowest BCUT2D eigenvalue weighted by molar-refractivity contribution is -0.110. The molecule has 0 radical (unpaired) electrons. The van der Waals surface area contributed by atoms with Crippen LogP contribution in [0.5, 0.6) is 0 Å². The van der Waals surface area contributed by atoms with Gasteiger partial charge in [-0.05, 0) is 20.8 Å². The van der Waals surface area contributed by atoms with Gasteiger partial charge in [0, 0.05) is 6.42 Å². The molecule has 0 aliphatic carbocycles. The summed E-state index contributed by atoms with van der Waals surface area (Å²) < 4.78 is 0. The second kappa shape index (κ2) is 3.52. The molecule has 0 saturated heterocycles. The zero-order chi connectivity index (χ0) is 8.20. The van der Waals surface area contributed by atoms with E-state index < -0.39 is 5.60 Å². The second-order valence-corrected chi connectivity index (χ2v) is 2.95. The maximum absolute atomic E-state index is 10.0. The fourth-order valence-electron chi connectivity index (χ4n) is 0.850. The largest absolute Gasteiger partial charge is 0.386 e. The number of aldehydes is 1. The van der Waals surface area contributed by atoms with Crippen LogP contribution in [0.15, 0.2) is 11.6 Å². The van der Waals surface area contributed by atoms with Crippen LogP contribution in [-0.2, 0) is 4.79 Å². The Morgan fingerprint density at radius 1 is 1.60 bits per heavy atom. The number of rotatable bonds is 3. The molecule has 1 N–H and O–H groups in total. The van der Waals surface area contributed by atoms with E-state index in [1.807, 2.05) is 13.8 Å². The van der Waals surface area contributed by atoms with Crippen LogP contribution in [0.1, 0.15) is 27.2 Å². The molecule has 0 saturated carbocycles. The Bertz CT molecular complexity index is 141. The van der Waals surface area contributed by atoms with Gasteiger partial charge >= 0.3 is 0 Å². The van der Waals surface area contributed by atoms with Crippen LogP contribution >= 0.6 is 0 Å². The van der Waals surface area contributed by atoms with Crippen LogP contribution in [-0.4, -0.2) is 17.0 Å². The highest BCUT2D eigenvalue weighted by Crippen LogP contribution is 2.11. The van der Waals surface area contributed by atoms with E-state index in [4.69, 9.17) is 0 Å². The van der Waals surface area contributed by atoms with Crippen molar-refractivity contribution in [2.75, 3.05) is 0 Å². The zero-order valence-electron chi connectivity index (χ0n) is 6.72. The normalized spacial score (nSPS) is 15.6. The van der Waals surface area contributed by atoms with E-state index in [0.717, 1.165) is 11.9 Å². The van der Waals surface area contributed by atoms with Gasteiger partial charge in [0.1, 0.15) is 6.29 Å². The van der Waals surface area contributed by atoms with E-state index in [0.29, 0.717) is 0 Å². The molecule has 2 nitrogen and oxygen atoms in total. The third-order valence-corrected chi connectivity index (χ3v) is 1.10. The summed E-state index contributed by atoms with van der Waals surface area (Å²) in [6.07, 6.45) is 2.57. The summed E-state index contributed by atoms with van der Waals surface area (Å²) in [5.41, 5.74) is 0.0625. The Hall–Kier alpha value is -0.630. The van der Waals surface area contributed by atoms with Crippen LogP contribution in [0.25, 0.3) is 0 Å². The fourth-order valence-corrected chi connectivity index (χ4v) is 0.850. The molecule has 0 rings (SSSR count). The second-order valence-electron chi connectivity index (χ2n) is 2.95. The van der Waals surface area contributed by atoms with Crippen molar-refractivity contribution >= 4 is 6.29 Å². The quantitative estimate of drug-likeness (QED) is 0.476. The molecule has 1 unspecified atom stereocenters. The number of carbonyl (C=O) groups is 1. The lowest BCUT2D eigenvalue weighted by Crippen LogP contribution is -2.21. The Morgan fingerprint density at radius 2 is 2.10 bits per heavy atom. The van der Waals surface area contributed by atoms with Gasteiger partial charge in [0.25, 0.3) is 0 Å². The molecule has 1 atom stereocenters. The first-order valence-corrected chi connectivity index (χ1v) is 3.30. The highest BCUT2D eigenvalue weighted by Gasteiger charge is 2.14. The first-order chi connectivity index (χ1) is 4.48.